The minimum atomic E-state index is -1.85. The molecule has 0 heterocycles. The Morgan fingerprint density at radius 1 is 1.14 bits per heavy atom. The van der Waals surface area contributed by atoms with Gasteiger partial charge in [0.2, 0.25) is 0 Å². The van der Waals surface area contributed by atoms with Crippen molar-refractivity contribution in [1.29, 1.82) is 0 Å². The molecule has 0 aliphatic heterocycles. The largest absolute Gasteiger partial charge is 0.528 e. The van der Waals surface area contributed by atoms with Gasteiger partial charge < -0.3 is 19.3 Å². The fourth-order valence-electron chi connectivity index (χ4n) is 0.424. The molecule has 0 spiro atoms. The molecule has 0 unspecified atom stereocenters. The van der Waals surface area contributed by atoms with Crippen LogP contribution >= 0.6 is 0 Å². The van der Waals surface area contributed by atoms with E-state index in [1.807, 2.05) is 0 Å². The summed E-state index contributed by atoms with van der Waals surface area (Å²) in [6, 6.07) is 0. The summed E-state index contributed by atoms with van der Waals surface area (Å²) >= 11 is 0. The molecule has 0 atom stereocenters. The molecule has 0 aromatic rings. The predicted octanol–water partition coefficient (Wildman–Crippen LogP) is 1.61. The summed E-state index contributed by atoms with van der Waals surface area (Å²) in [6.07, 6.45) is -4.78. The van der Waals surface area contributed by atoms with Gasteiger partial charge in [-0.25, -0.2) is 14.4 Å². The standard InChI is InChI=1S/C7H10O7/c1-4(2)3-12-6(10)14-7(11)13-5(8)9/h4H,3H2,1-2H3,(H,8,9). The van der Waals surface area contributed by atoms with Gasteiger partial charge in [0.05, 0.1) is 6.61 Å². The van der Waals surface area contributed by atoms with Crippen LogP contribution in [0.4, 0.5) is 14.4 Å². The smallest absolute Gasteiger partial charge is 0.449 e. The molecule has 7 heteroatoms. The Balaban J connectivity index is 3.72. The Bertz CT molecular complexity index is 232. The van der Waals surface area contributed by atoms with E-state index < -0.39 is 18.5 Å². The minimum Gasteiger partial charge on any atom is -0.449 e. The summed E-state index contributed by atoms with van der Waals surface area (Å²) < 4.78 is 11.7. The monoisotopic (exact) mass is 206 g/mol. The number of carbonyl (C=O) groups is 3. The zero-order valence-electron chi connectivity index (χ0n) is 7.68. The molecule has 0 saturated heterocycles. The van der Waals surface area contributed by atoms with Crippen molar-refractivity contribution in [3.63, 3.8) is 0 Å². The van der Waals surface area contributed by atoms with Crippen LogP contribution in [0.3, 0.4) is 0 Å². The number of rotatable bonds is 2. The molecular formula is C7H10O7. The van der Waals surface area contributed by atoms with Crippen LogP contribution in [-0.2, 0) is 14.2 Å². The topological polar surface area (TPSA) is 99.1 Å². The van der Waals surface area contributed by atoms with E-state index in [4.69, 9.17) is 5.11 Å². The molecule has 80 valence electrons. The predicted molar refractivity (Wildman–Crippen MR) is 41.8 cm³/mol. The highest BCUT2D eigenvalue weighted by molar-refractivity contribution is 5.83. The number of ether oxygens (including phenoxy) is 3. The van der Waals surface area contributed by atoms with E-state index in [1.165, 1.54) is 0 Å². The first kappa shape index (κ1) is 12.2. The van der Waals surface area contributed by atoms with Crippen molar-refractivity contribution in [2.24, 2.45) is 5.92 Å². The van der Waals surface area contributed by atoms with Gasteiger partial charge in [-0.2, -0.15) is 0 Å². The molecule has 0 aromatic heterocycles. The summed E-state index contributed by atoms with van der Waals surface area (Å²) in [5.41, 5.74) is 0. The Morgan fingerprint density at radius 2 is 1.71 bits per heavy atom. The van der Waals surface area contributed by atoms with E-state index in [0.29, 0.717) is 0 Å². The molecule has 0 rings (SSSR count). The maximum atomic E-state index is 10.6. The lowest BCUT2D eigenvalue weighted by Crippen LogP contribution is -2.18. The van der Waals surface area contributed by atoms with E-state index in [0.717, 1.165) is 0 Å². The highest BCUT2D eigenvalue weighted by atomic mass is 16.8. The van der Waals surface area contributed by atoms with E-state index in [9.17, 15) is 14.4 Å². The highest BCUT2D eigenvalue weighted by Crippen LogP contribution is 1.96. The van der Waals surface area contributed by atoms with Gasteiger partial charge in [-0.1, -0.05) is 13.8 Å². The molecule has 0 radical (unpaired) electrons. The van der Waals surface area contributed by atoms with Gasteiger partial charge >= 0.3 is 18.5 Å². The highest BCUT2D eigenvalue weighted by Gasteiger charge is 2.16. The Morgan fingerprint density at radius 3 is 2.14 bits per heavy atom. The van der Waals surface area contributed by atoms with Crippen molar-refractivity contribution < 1.29 is 33.7 Å². The quantitative estimate of drug-likeness (QED) is 0.541. The number of hydrogen-bond donors (Lipinski definition) is 1. The molecule has 0 saturated carbocycles. The number of carbonyl (C=O) groups excluding carboxylic acids is 2. The second-order valence-electron chi connectivity index (χ2n) is 2.67. The van der Waals surface area contributed by atoms with Crippen molar-refractivity contribution >= 4 is 18.5 Å². The van der Waals surface area contributed by atoms with Gasteiger partial charge in [0, 0.05) is 0 Å². The first-order valence-corrected chi connectivity index (χ1v) is 3.71. The molecule has 7 nitrogen and oxygen atoms in total. The van der Waals surface area contributed by atoms with E-state index >= 15 is 0 Å². The lowest BCUT2D eigenvalue weighted by atomic mass is 10.2. The number of carboxylic acid groups (broad SMARTS) is 1. The van der Waals surface area contributed by atoms with Crippen LogP contribution < -0.4 is 0 Å². The summed E-state index contributed by atoms with van der Waals surface area (Å²) in [4.78, 5) is 30.8. The van der Waals surface area contributed by atoms with Gasteiger partial charge in [0.1, 0.15) is 0 Å². The maximum Gasteiger partial charge on any atom is 0.528 e. The molecule has 0 amide bonds. The van der Waals surface area contributed by atoms with Gasteiger partial charge in [0.15, 0.2) is 0 Å². The molecule has 14 heavy (non-hydrogen) atoms. The van der Waals surface area contributed by atoms with Crippen LogP contribution in [0.15, 0.2) is 0 Å². The lowest BCUT2D eigenvalue weighted by Gasteiger charge is -2.05. The zero-order valence-corrected chi connectivity index (χ0v) is 7.68. The minimum absolute atomic E-state index is 0.0686. The van der Waals surface area contributed by atoms with E-state index in [1.54, 1.807) is 13.8 Å². The lowest BCUT2D eigenvalue weighted by molar-refractivity contribution is 0.0349. The first-order valence-electron chi connectivity index (χ1n) is 3.71. The summed E-state index contributed by atoms with van der Waals surface area (Å²) in [5, 5.41) is 7.94. The SMILES string of the molecule is CC(C)COC(=O)OC(=O)OC(=O)O. The third kappa shape index (κ3) is 6.89. The van der Waals surface area contributed by atoms with Crippen molar-refractivity contribution in [3.05, 3.63) is 0 Å². The van der Waals surface area contributed by atoms with Crippen LogP contribution in [-0.4, -0.2) is 30.2 Å². The molecule has 0 fully saturated rings. The first-order chi connectivity index (χ1) is 6.41. The molecule has 0 aliphatic carbocycles. The third-order valence-corrected chi connectivity index (χ3v) is 0.872. The number of hydrogen-bond acceptors (Lipinski definition) is 6. The zero-order chi connectivity index (χ0) is 11.1. The van der Waals surface area contributed by atoms with E-state index in [-0.39, 0.29) is 12.5 Å². The van der Waals surface area contributed by atoms with Gasteiger partial charge in [-0.05, 0) is 5.92 Å². The molecule has 0 bridgehead atoms. The second-order valence-corrected chi connectivity index (χ2v) is 2.67. The van der Waals surface area contributed by atoms with Crippen molar-refractivity contribution in [2.45, 2.75) is 13.8 Å². The summed E-state index contributed by atoms with van der Waals surface area (Å²) in [6.45, 7) is 3.63. The average Bonchev–Trinajstić information content (AvgIpc) is 1.98. The molecule has 1 N–H and O–H groups in total. The summed E-state index contributed by atoms with van der Waals surface area (Å²) in [7, 11) is 0. The van der Waals surface area contributed by atoms with Gasteiger partial charge in [-0.3, -0.25) is 0 Å². The van der Waals surface area contributed by atoms with Crippen molar-refractivity contribution in [3.8, 4) is 0 Å². The van der Waals surface area contributed by atoms with E-state index in [2.05, 4.69) is 14.2 Å². The molecule has 0 aliphatic rings. The van der Waals surface area contributed by atoms with Crippen molar-refractivity contribution in [2.75, 3.05) is 6.61 Å². The Kier molecular flexibility index (Phi) is 5.05. The molecule has 0 aromatic carbocycles. The van der Waals surface area contributed by atoms with Crippen LogP contribution in [0.5, 0.6) is 0 Å². The van der Waals surface area contributed by atoms with Gasteiger partial charge in [0.25, 0.3) is 0 Å². The molecular weight excluding hydrogens is 196 g/mol. The fraction of sp³-hybridized carbons (Fsp3) is 0.571. The van der Waals surface area contributed by atoms with Crippen LogP contribution in [0.25, 0.3) is 0 Å². The fourth-order valence-corrected chi connectivity index (χ4v) is 0.424. The Hall–Kier alpha value is -1.79. The average molecular weight is 206 g/mol. The summed E-state index contributed by atoms with van der Waals surface area (Å²) in [5.74, 6) is 0.0815. The van der Waals surface area contributed by atoms with Crippen LogP contribution in [0.2, 0.25) is 0 Å². The van der Waals surface area contributed by atoms with Crippen molar-refractivity contribution in [1.82, 2.24) is 0 Å². The Labute approximate surface area is 79.5 Å². The van der Waals surface area contributed by atoms with Crippen LogP contribution in [0, 0.1) is 5.92 Å². The van der Waals surface area contributed by atoms with Gasteiger partial charge in [-0.15, -0.1) is 0 Å². The normalized spacial score (nSPS) is 9.36. The maximum absolute atomic E-state index is 10.6. The third-order valence-electron chi connectivity index (χ3n) is 0.872. The van der Waals surface area contributed by atoms with Crippen LogP contribution in [0.1, 0.15) is 13.8 Å². The second kappa shape index (κ2) is 5.79.